The molecule has 1 N–H and O–H groups in total. The van der Waals surface area contributed by atoms with E-state index in [1.54, 1.807) is 12.1 Å². The smallest absolute Gasteiger partial charge is 0.323 e. The van der Waals surface area contributed by atoms with Gasteiger partial charge in [0.2, 0.25) is 0 Å². The SMILES string of the molecule is CC(C)c1ccc(COc2cccn(CC(=O)O)c2=O)cc1. The number of benzene rings is 1. The van der Waals surface area contributed by atoms with Crippen LogP contribution in [0.3, 0.4) is 0 Å². The molecule has 0 spiro atoms. The first kappa shape index (κ1) is 15.8. The minimum absolute atomic E-state index is 0.150. The Labute approximate surface area is 128 Å². The summed E-state index contributed by atoms with van der Waals surface area (Å²) in [6, 6.07) is 11.2. The number of aliphatic carboxylic acids is 1. The molecule has 2 rings (SSSR count). The average Bonchev–Trinajstić information content (AvgIpc) is 2.48. The van der Waals surface area contributed by atoms with Crippen molar-refractivity contribution in [2.75, 3.05) is 0 Å². The molecule has 22 heavy (non-hydrogen) atoms. The van der Waals surface area contributed by atoms with Crippen molar-refractivity contribution < 1.29 is 14.6 Å². The number of ether oxygens (including phenoxy) is 1. The molecule has 0 atom stereocenters. The number of carboxylic acids is 1. The van der Waals surface area contributed by atoms with Crippen molar-refractivity contribution >= 4 is 5.97 Å². The maximum absolute atomic E-state index is 12.0. The molecule has 5 heteroatoms. The number of hydrogen-bond donors (Lipinski definition) is 1. The van der Waals surface area contributed by atoms with E-state index in [1.165, 1.54) is 11.8 Å². The summed E-state index contributed by atoms with van der Waals surface area (Å²) >= 11 is 0. The molecule has 0 aliphatic carbocycles. The summed E-state index contributed by atoms with van der Waals surface area (Å²) in [5.74, 6) is -0.451. The number of nitrogens with zero attached hydrogens (tertiary/aromatic N) is 1. The Balaban J connectivity index is 2.08. The monoisotopic (exact) mass is 301 g/mol. The second-order valence-electron chi connectivity index (χ2n) is 5.38. The first-order chi connectivity index (χ1) is 10.5. The summed E-state index contributed by atoms with van der Waals surface area (Å²) in [7, 11) is 0. The fourth-order valence-electron chi connectivity index (χ4n) is 2.05. The average molecular weight is 301 g/mol. The van der Waals surface area contributed by atoms with E-state index < -0.39 is 11.5 Å². The summed E-state index contributed by atoms with van der Waals surface area (Å²) in [5.41, 5.74) is 1.76. The molecule has 1 heterocycles. The number of pyridine rings is 1. The Bertz CT molecular complexity index is 701. The first-order valence-corrected chi connectivity index (χ1v) is 7.10. The highest BCUT2D eigenvalue weighted by Gasteiger charge is 2.07. The van der Waals surface area contributed by atoms with E-state index in [0.29, 0.717) is 5.92 Å². The van der Waals surface area contributed by atoms with Gasteiger partial charge in [-0.15, -0.1) is 0 Å². The Kier molecular flexibility index (Phi) is 4.99. The third-order valence-corrected chi connectivity index (χ3v) is 3.33. The van der Waals surface area contributed by atoms with Crippen molar-refractivity contribution in [1.82, 2.24) is 4.57 Å². The van der Waals surface area contributed by atoms with Crippen molar-refractivity contribution in [2.24, 2.45) is 0 Å². The highest BCUT2D eigenvalue weighted by Crippen LogP contribution is 2.15. The second kappa shape index (κ2) is 6.93. The summed E-state index contributed by atoms with van der Waals surface area (Å²) in [4.78, 5) is 22.7. The van der Waals surface area contributed by atoms with Crippen molar-refractivity contribution in [3.63, 3.8) is 0 Å². The molecule has 116 valence electrons. The molecule has 0 aliphatic heterocycles. The lowest BCUT2D eigenvalue weighted by molar-refractivity contribution is -0.137. The number of carbonyl (C=O) groups is 1. The van der Waals surface area contributed by atoms with Gasteiger partial charge in [-0.1, -0.05) is 38.1 Å². The maximum Gasteiger partial charge on any atom is 0.323 e. The summed E-state index contributed by atoms with van der Waals surface area (Å²) in [6.07, 6.45) is 1.43. The lowest BCUT2D eigenvalue weighted by Crippen LogP contribution is -2.24. The van der Waals surface area contributed by atoms with Crippen molar-refractivity contribution in [1.29, 1.82) is 0 Å². The minimum atomic E-state index is -1.07. The lowest BCUT2D eigenvalue weighted by Gasteiger charge is -2.09. The van der Waals surface area contributed by atoms with Gasteiger partial charge in [-0.05, 0) is 29.2 Å². The van der Waals surface area contributed by atoms with Crippen LogP contribution in [0, 0.1) is 0 Å². The number of carboxylic acid groups (broad SMARTS) is 1. The molecule has 0 saturated carbocycles. The molecular weight excluding hydrogens is 282 g/mol. The topological polar surface area (TPSA) is 68.5 Å². The van der Waals surface area contributed by atoms with Gasteiger partial charge < -0.3 is 14.4 Å². The van der Waals surface area contributed by atoms with Gasteiger partial charge in [-0.25, -0.2) is 0 Å². The van der Waals surface area contributed by atoms with E-state index in [4.69, 9.17) is 9.84 Å². The van der Waals surface area contributed by atoms with Gasteiger partial charge in [0.25, 0.3) is 5.56 Å². The molecular formula is C17H19NO4. The molecule has 2 aromatic rings. The molecule has 1 aromatic heterocycles. The molecule has 0 aliphatic rings. The zero-order valence-electron chi connectivity index (χ0n) is 12.7. The molecule has 0 saturated heterocycles. The van der Waals surface area contributed by atoms with Crippen molar-refractivity contribution in [3.05, 3.63) is 64.1 Å². The van der Waals surface area contributed by atoms with E-state index in [-0.39, 0.29) is 18.9 Å². The quantitative estimate of drug-likeness (QED) is 0.890. The highest BCUT2D eigenvalue weighted by atomic mass is 16.5. The van der Waals surface area contributed by atoms with E-state index in [1.807, 2.05) is 24.3 Å². The number of hydrogen-bond acceptors (Lipinski definition) is 3. The Morgan fingerprint density at radius 3 is 2.50 bits per heavy atom. The van der Waals surface area contributed by atoms with Crippen LogP contribution in [0.1, 0.15) is 30.9 Å². The highest BCUT2D eigenvalue weighted by molar-refractivity contribution is 5.66. The fourth-order valence-corrected chi connectivity index (χ4v) is 2.05. The molecule has 0 radical (unpaired) electrons. The van der Waals surface area contributed by atoms with Gasteiger partial charge in [0.1, 0.15) is 13.2 Å². The Hall–Kier alpha value is -2.56. The molecule has 0 bridgehead atoms. The molecule has 1 aromatic carbocycles. The molecule has 0 fully saturated rings. The van der Waals surface area contributed by atoms with Gasteiger partial charge in [0, 0.05) is 6.20 Å². The van der Waals surface area contributed by atoms with Crippen LogP contribution in [0.5, 0.6) is 5.75 Å². The summed E-state index contributed by atoms with van der Waals surface area (Å²) in [5, 5.41) is 8.76. The van der Waals surface area contributed by atoms with Crippen LogP contribution in [0.2, 0.25) is 0 Å². The number of aromatic nitrogens is 1. The van der Waals surface area contributed by atoms with Crippen LogP contribution in [0.25, 0.3) is 0 Å². The van der Waals surface area contributed by atoms with Crippen molar-refractivity contribution in [2.45, 2.75) is 32.9 Å². The van der Waals surface area contributed by atoms with Crippen LogP contribution < -0.4 is 10.3 Å². The summed E-state index contributed by atoms with van der Waals surface area (Å²) in [6.45, 7) is 4.14. The van der Waals surface area contributed by atoms with Gasteiger partial charge >= 0.3 is 5.97 Å². The molecule has 5 nitrogen and oxygen atoms in total. The Morgan fingerprint density at radius 1 is 1.23 bits per heavy atom. The largest absolute Gasteiger partial charge is 0.483 e. The predicted octanol–water partition coefficient (Wildman–Crippen LogP) is 2.64. The van der Waals surface area contributed by atoms with E-state index >= 15 is 0 Å². The van der Waals surface area contributed by atoms with Crippen LogP contribution in [0.4, 0.5) is 0 Å². The maximum atomic E-state index is 12.0. The van der Waals surface area contributed by atoms with Gasteiger partial charge in [-0.2, -0.15) is 0 Å². The van der Waals surface area contributed by atoms with Gasteiger partial charge in [0.05, 0.1) is 0 Å². The van der Waals surface area contributed by atoms with Crippen LogP contribution in [-0.4, -0.2) is 15.6 Å². The van der Waals surface area contributed by atoms with Crippen LogP contribution in [-0.2, 0) is 17.9 Å². The van der Waals surface area contributed by atoms with Crippen LogP contribution in [0.15, 0.2) is 47.4 Å². The third kappa shape index (κ3) is 3.97. The van der Waals surface area contributed by atoms with Crippen LogP contribution >= 0.6 is 0 Å². The summed E-state index contributed by atoms with van der Waals surface area (Å²) < 4.78 is 6.63. The molecule has 0 unspecified atom stereocenters. The third-order valence-electron chi connectivity index (χ3n) is 3.33. The second-order valence-corrected chi connectivity index (χ2v) is 5.38. The van der Waals surface area contributed by atoms with E-state index in [2.05, 4.69) is 13.8 Å². The normalized spacial score (nSPS) is 10.7. The first-order valence-electron chi connectivity index (χ1n) is 7.10. The fraction of sp³-hybridized carbons (Fsp3) is 0.294. The molecule has 0 amide bonds. The zero-order chi connectivity index (χ0) is 16.1. The zero-order valence-corrected chi connectivity index (χ0v) is 12.7. The lowest BCUT2D eigenvalue weighted by atomic mass is 10.0. The van der Waals surface area contributed by atoms with Gasteiger partial charge in [-0.3, -0.25) is 9.59 Å². The predicted molar refractivity (Wildman–Crippen MR) is 83.2 cm³/mol. The Morgan fingerprint density at radius 2 is 1.91 bits per heavy atom. The van der Waals surface area contributed by atoms with E-state index in [9.17, 15) is 9.59 Å². The standard InChI is InChI=1S/C17H19NO4/c1-12(2)14-7-5-13(6-8-14)11-22-15-4-3-9-18(17(15)21)10-16(19)20/h3-9,12H,10-11H2,1-2H3,(H,19,20). The van der Waals surface area contributed by atoms with Gasteiger partial charge in [0.15, 0.2) is 5.75 Å². The number of rotatable bonds is 6. The van der Waals surface area contributed by atoms with Crippen molar-refractivity contribution in [3.8, 4) is 5.75 Å². The van der Waals surface area contributed by atoms with E-state index in [0.717, 1.165) is 10.1 Å². The minimum Gasteiger partial charge on any atom is -0.483 e.